The third-order valence-corrected chi connectivity index (χ3v) is 4.18. The first kappa shape index (κ1) is 11.4. The molecule has 0 aromatic carbocycles. The highest BCUT2D eigenvalue weighted by Crippen LogP contribution is 2.22. The minimum atomic E-state index is -2.84. The van der Waals surface area contributed by atoms with Crippen molar-refractivity contribution in [3.05, 3.63) is 12.2 Å². The fourth-order valence-corrected chi connectivity index (χ4v) is 3.63. The Morgan fingerprint density at radius 3 is 2.57 bits per heavy atom. The number of allylic oxidation sites excluding steroid dienone is 1. The molecular formula is C10H16O3S. The molecule has 4 heteroatoms. The molecule has 0 aromatic rings. The second-order valence-corrected chi connectivity index (χ2v) is 6.37. The topological polar surface area (TPSA) is 51.2 Å². The van der Waals surface area contributed by atoms with Crippen LogP contribution in [0.5, 0.6) is 0 Å². The van der Waals surface area contributed by atoms with Crippen LogP contribution in [0.4, 0.5) is 0 Å². The predicted octanol–water partition coefficient (Wildman–Crippen LogP) is 1.35. The van der Waals surface area contributed by atoms with Gasteiger partial charge in [0.2, 0.25) is 0 Å². The average molecular weight is 216 g/mol. The summed E-state index contributed by atoms with van der Waals surface area (Å²) < 4.78 is 22.2. The van der Waals surface area contributed by atoms with E-state index in [1.807, 2.05) is 6.92 Å². The Morgan fingerprint density at radius 2 is 2.14 bits per heavy atom. The Labute approximate surface area is 85.1 Å². The predicted molar refractivity (Wildman–Crippen MR) is 55.8 cm³/mol. The van der Waals surface area contributed by atoms with E-state index in [-0.39, 0.29) is 23.2 Å². The van der Waals surface area contributed by atoms with Gasteiger partial charge in [-0.1, -0.05) is 12.2 Å². The number of hydrogen-bond acceptors (Lipinski definition) is 3. The Morgan fingerprint density at radius 1 is 1.50 bits per heavy atom. The first-order chi connectivity index (χ1) is 6.39. The van der Waals surface area contributed by atoms with E-state index in [1.165, 1.54) is 0 Å². The van der Waals surface area contributed by atoms with Gasteiger partial charge in [0.15, 0.2) is 9.84 Å². The normalized spacial score (nSPS) is 24.8. The molecule has 0 bridgehead atoms. The van der Waals surface area contributed by atoms with Crippen molar-refractivity contribution in [3.63, 3.8) is 0 Å². The lowest BCUT2D eigenvalue weighted by molar-refractivity contribution is -0.119. The highest BCUT2D eigenvalue weighted by atomic mass is 32.2. The summed E-state index contributed by atoms with van der Waals surface area (Å²) in [5.41, 5.74) is 0.843. The van der Waals surface area contributed by atoms with Crippen molar-refractivity contribution in [3.8, 4) is 0 Å². The van der Waals surface area contributed by atoms with Gasteiger partial charge in [0.05, 0.1) is 11.5 Å². The van der Waals surface area contributed by atoms with Gasteiger partial charge in [-0.2, -0.15) is 0 Å². The molecule has 1 heterocycles. The van der Waals surface area contributed by atoms with Crippen molar-refractivity contribution in [1.29, 1.82) is 0 Å². The molecule has 0 aliphatic carbocycles. The van der Waals surface area contributed by atoms with Crippen LogP contribution in [0.15, 0.2) is 12.2 Å². The van der Waals surface area contributed by atoms with E-state index < -0.39 is 9.84 Å². The van der Waals surface area contributed by atoms with E-state index >= 15 is 0 Å². The van der Waals surface area contributed by atoms with Crippen LogP contribution < -0.4 is 0 Å². The largest absolute Gasteiger partial charge is 0.299 e. The van der Waals surface area contributed by atoms with Crippen molar-refractivity contribution >= 4 is 15.6 Å². The standard InChI is InChI=1S/C10H16O3S/c1-8(2)5-10(11)6-9-3-4-14(12,13)7-9/h9H,1,3-7H2,2H3. The summed E-state index contributed by atoms with van der Waals surface area (Å²) in [5, 5.41) is 0. The number of ketones is 1. The molecule has 1 rings (SSSR count). The molecule has 1 atom stereocenters. The van der Waals surface area contributed by atoms with Crippen molar-refractivity contribution in [1.82, 2.24) is 0 Å². The van der Waals surface area contributed by atoms with Crippen LogP contribution in [0, 0.1) is 5.92 Å². The Balaban J connectivity index is 2.40. The highest BCUT2D eigenvalue weighted by molar-refractivity contribution is 7.91. The first-order valence-corrected chi connectivity index (χ1v) is 6.58. The molecule has 0 amide bonds. The van der Waals surface area contributed by atoms with E-state index in [0.29, 0.717) is 19.3 Å². The zero-order valence-electron chi connectivity index (χ0n) is 8.45. The summed E-state index contributed by atoms with van der Waals surface area (Å²) in [6, 6.07) is 0. The number of carbonyl (C=O) groups is 1. The summed E-state index contributed by atoms with van der Waals surface area (Å²) in [6.07, 6.45) is 1.42. The number of sulfone groups is 1. The molecule has 3 nitrogen and oxygen atoms in total. The highest BCUT2D eigenvalue weighted by Gasteiger charge is 2.29. The molecule has 1 aliphatic heterocycles. The summed E-state index contributed by atoms with van der Waals surface area (Å²) in [5.74, 6) is 0.596. The molecule has 1 unspecified atom stereocenters. The van der Waals surface area contributed by atoms with Gasteiger partial charge in [0, 0.05) is 12.8 Å². The number of hydrogen-bond donors (Lipinski definition) is 0. The first-order valence-electron chi connectivity index (χ1n) is 4.75. The summed E-state index contributed by atoms with van der Waals surface area (Å²) >= 11 is 0. The van der Waals surface area contributed by atoms with Crippen LogP contribution in [-0.4, -0.2) is 25.7 Å². The lowest BCUT2D eigenvalue weighted by Gasteiger charge is -2.05. The third kappa shape index (κ3) is 3.62. The van der Waals surface area contributed by atoms with Gasteiger partial charge in [-0.15, -0.1) is 0 Å². The fraction of sp³-hybridized carbons (Fsp3) is 0.700. The van der Waals surface area contributed by atoms with Crippen LogP contribution in [0.2, 0.25) is 0 Å². The molecule has 0 radical (unpaired) electrons. The van der Waals surface area contributed by atoms with Gasteiger partial charge < -0.3 is 0 Å². The van der Waals surface area contributed by atoms with Crippen LogP contribution >= 0.6 is 0 Å². The molecule has 80 valence electrons. The van der Waals surface area contributed by atoms with Gasteiger partial charge in [-0.25, -0.2) is 8.42 Å². The summed E-state index contributed by atoms with van der Waals surface area (Å²) in [6.45, 7) is 5.47. The average Bonchev–Trinajstić information content (AvgIpc) is 2.27. The number of Topliss-reactive ketones (excluding diaryl/α,β-unsaturated/α-hetero) is 1. The van der Waals surface area contributed by atoms with Crippen molar-refractivity contribution in [2.24, 2.45) is 5.92 Å². The number of carbonyl (C=O) groups excluding carboxylic acids is 1. The van der Waals surface area contributed by atoms with Gasteiger partial charge >= 0.3 is 0 Å². The Bertz CT molecular complexity index is 340. The van der Waals surface area contributed by atoms with Crippen molar-refractivity contribution in [2.45, 2.75) is 26.2 Å². The van der Waals surface area contributed by atoms with Crippen LogP contribution in [0.1, 0.15) is 26.2 Å². The Kier molecular flexibility index (Phi) is 3.48. The van der Waals surface area contributed by atoms with Gasteiger partial charge in [0.1, 0.15) is 5.78 Å². The fourth-order valence-electron chi connectivity index (χ4n) is 1.76. The smallest absolute Gasteiger partial charge is 0.150 e. The zero-order valence-corrected chi connectivity index (χ0v) is 9.27. The minimum Gasteiger partial charge on any atom is -0.299 e. The molecular weight excluding hydrogens is 200 g/mol. The van der Waals surface area contributed by atoms with Gasteiger partial charge in [-0.3, -0.25) is 4.79 Å². The monoisotopic (exact) mass is 216 g/mol. The van der Waals surface area contributed by atoms with E-state index in [1.54, 1.807) is 0 Å². The molecule has 1 aliphatic rings. The lowest BCUT2D eigenvalue weighted by Crippen LogP contribution is -2.10. The molecule has 0 saturated carbocycles. The third-order valence-electron chi connectivity index (χ3n) is 2.34. The molecule has 0 spiro atoms. The van der Waals surface area contributed by atoms with E-state index in [2.05, 4.69) is 6.58 Å². The molecule has 1 fully saturated rings. The molecule has 1 saturated heterocycles. The van der Waals surface area contributed by atoms with E-state index in [4.69, 9.17) is 0 Å². The van der Waals surface area contributed by atoms with Crippen LogP contribution in [0.3, 0.4) is 0 Å². The molecule has 14 heavy (non-hydrogen) atoms. The van der Waals surface area contributed by atoms with Crippen LogP contribution in [-0.2, 0) is 14.6 Å². The van der Waals surface area contributed by atoms with Crippen molar-refractivity contribution < 1.29 is 13.2 Å². The molecule has 0 aromatic heterocycles. The second kappa shape index (κ2) is 4.26. The van der Waals surface area contributed by atoms with Crippen LogP contribution in [0.25, 0.3) is 0 Å². The number of rotatable bonds is 4. The van der Waals surface area contributed by atoms with Gasteiger partial charge in [0.25, 0.3) is 0 Å². The maximum absolute atomic E-state index is 11.4. The van der Waals surface area contributed by atoms with E-state index in [9.17, 15) is 13.2 Å². The van der Waals surface area contributed by atoms with Gasteiger partial charge in [-0.05, 0) is 19.3 Å². The van der Waals surface area contributed by atoms with Crippen molar-refractivity contribution in [2.75, 3.05) is 11.5 Å². The Hall–Kier alpha value is -0.640. The maximum atomic E-state index is 11.4. The summed E-state index contributed by atoms with van der Waals surface area (Å²) in [4.78, 5) is 11.4. The van der Waals surface area contributed by atoms with E-state index in [0.717, 1.165) is 5.57 Å². The second-order valence-electron chi connectivity index (χ2n) is 4.15. The maximum Gasteiger partial charge on any atom is 0.150 e. The summed E-state index contributed by atoms with van der Waals surface area (Å²) in [7, 11) is -2.84. The molecule has 0 N–H and O–H groups in total. The quantitative estimate of drug-likeness (QED) is 0.666. The minimum absolute atomic E-state index is 0.0480. The zero-order chi connectivity index (χ0) is 10.8. The SMILES string of the molecule is C=C(C)CC(=O)CC1CCS(=O)(=O)C1. The lowest BCUT2D eigenvalue weighted by atomic mass is 9.99.